The van der Waals surface area contributed by atoms with Gasteiger partial charge in [-0.25, -0.2) is 9.50 Å². The maximum Gasteiger partial charge on any atom is 0.189 e. The van der Waals surface area contributed by atoms with Gasteiger partial charge in [0.05, 0.1) is 35.4 Å². The fraction of sp³-hybridized carbons (Fsp3) is 0.0833. The van der Waals surface area contributed by atoms with Crippen LogP contribution in [0.1, 0.15) is 27.3 Å². The van der Waals surface area contributed by atoms with Crippen molar-refractivity contribution in [3.8, 4) is 0 Å². The highest BCUT2D eigenvalue weighted by Crippen LogP contribution is 2.13. The Kier molecular flexibility index (Phi) is 2.88. The van der Waals surface area contributed by atoms with E-state index in [4.69, 9.17) is 0 Å². The molecule has 0 saturated carbocycles. The molecule has 3 aromatic rings. The maximum atomic E-state index is 12.1. The van der Waals surface area contributed by atoms with Crippen molar-refractivity contribution >= 4 is 28.4 Å². The summed E-state index contributed by atoms with van der Waals surface area (Å²) in [5.41, 5.74) is 2.89. The molecule has 3 rings (SSSR count). The lowest BCUT2D eigenvalue weighted by Crippen LogP contribution is -2.08. The highest BCUT2D eigenvalue weighted by Gasteiger charge is 2.18. The Labute approximate surface area is 111 Å². The molecule has 0 fully saturated rings. The zero-order valence-corrected chi connectivity index (χ0v) is 10.5. The topological polar surface area (TPSA) is 77.2 Å². The fourth-order valence-electron chi connectivity index (χ4n) is 1.73. The first-order chi connectivity index (χ1) is 9.25. The Bertz CT molecular complexity index is 748. The van der Waals surface area contributed by atoms with Crippen molar-refractivity contribution in [2.75, 3.05) is 0 Å². The predicted octanol–water partition coefficient (Wildman–Crippen LogP) is 1.64. The molecule has 0 aromatic carbocycles. The summed E-state index contributed by atoms with van der Waals surface area (Å²) in [5, 5.41) is 5.67. The van der Waals surface area contributed by atoms with E-state index in [1.54, 1.807) is 34.0 Å². The van der Waals surface area contributed by atoms with Gasteiger partial charge < -0.3 is 0 Å². The molecule has 0 N–H and O–H groups in total. The Hall–Kier alpha value is -2.41. The number of nitrogens with zero attached hydrogens (tertiary/aromatic N) is 4. The van der Waals surface area contributed by atoms with Crippen molar-refractivity contribution in [1.82, 2.24) is 19.6 Å². The molecular formula is C12H8N4O2S. The normalized spacial score (nSPS) is 10.7. The van der Waals surface area contributed by atoms with E-state index < -0.39 is 0 Å². The summed E-state index contributed by atoms with van der Waals surface area (Å²) in [5.74, 6) is -0.560. The van der Waals surface area contributed by atoms with E-state index in [0.717, 1.165) is 0 Å². The second kappa shape index (κ2) is 4.69. The SMILES string of the molecule is O=C(CC(=O)c1cnn2ccncc12)c1cscn1. The summed E-state index contributed by atoms with van der Waals surface area (Å²) >= 11 is 1.33. The highest BCUT2D eigenvalue weighted by atomic mass is 32.1. The summed E-state index contributed by atoms with van der Waals surface area (Å²) in [6.07, 6.45) is 6.02. The molecule has 0 aliphatic heterocycles. The summed E-state index contributed by atoms with van der Waals surface area (Å²) in [6.45, 7) is 0. The van der Waals surface area contributed by atoms with E-state index in [1.165, 1.54) is 17.5 Å². The molecule has 0 amide bonds. The van der Waals surface area contributed by atoms with Crippen molar-refractivity contribution in [2.24, 2.45) is 0 Å². The van der Waals surface area contributed by atoms with Crippen molar-refractivity contribution in [2.45, 2.75) is 6.42 Å². The zero-order valence-electron chi connectivity index (χ0n) is 9.68. The molecule has 6 nitrogen and oxygen atoms in total. The van der Waals surface area contributed by atoms with Gasteiger partial charge in [-0.1, -0.05) is 0 Å². The van der Waals surface area contributed by atoms with Crippen LogP contribution in [0, 0.1) is 0 Å². The Balaban J connectivity index is 1.86. The van der Waals surface area contributed by atoms with E-state index in [1.807, 2.05) is 0 Å². The average Bonchev–Trinajstić information content (AvgIpc) is 3.08. The number of rotatable bonds is 4. The van der Waals surface area contributed by atoms with Crippen LogP contribution >= 0.6 is 11.3 Å². The Morgan fingerprint density at radius 2 is 2.16 bits per heavy atom. The van der Waals surface area contributed by atoms with Crippen LogP contribution in [0.3, 0.4) is 0 Å². The van der Waals surface area contributed by atoms with E-state index in [0.29, 0.717) is 16.8 Å². The Morgan fingerprint density at radius 1 is 1.26 bits per heavy atom. The number of ketones is 2. The first-order valence-electron chi connectivity index (χ1n) is 5.47. The first kappa shape index (κ1) is 11.7. The molecule has 0 aliphatic carbocycles. The van der Waals surface area contributed by atoms with Gasteiger partial charge >= 0.3 is 0 Å². The van der Waals surface area contributed by atoms with E-state index in [-0.39, 0.29) is 18.0 Å². The van der Waals surface area contributed by atoms with Gasteiger partial charge in [0.2, 0.25) is 0 Å². The molecule has 3 aromatic heterocycles. The minimum absolute atomic E-state index is 0.208. The largest absolute Gasteiger partial charge is 0.294 e. The molecule has 0 saturated heterocycles. The smallest absolute Gasteiger partial charge is 0.189 e. The van der Waals surface area contributed by atoms with Gasteiger partial charge in [0.15, 0.2) is 11.6 Å². The first-order valence-corrected chi connectivity index (χ1v) is 6.42. The van der Waals surface area contributed by atoms with Gasteiger partial charge in [0.1, 0.15) is 5.69 Å². The molecule has 0 unspecified atom stereocenters. The van der Waals surface area contributed by atoms with E-state index in [2.05, 4.69) is 15.1 Å². The lowest BCUT2D eigenvalue weighted by atomic mass is 10.1. The number of thiazole rings is 1. The number of aromatic nitrogens is 4. The summed E-state index contributed by atoms with van der Waals surface area (Å²) in [7, 11) is 0. The number of carbonyl (C=O) groups excluding carboxylic acids is 2. The third-order valence-electron chi connectivity index (χ3n) is 2.66. The molecule has 94 valence electrons. The minimum Gasteiger partial charge on any atom is -0.294 e. The summed E-state index contributed by atoms with van der Waals surface area (Å²) in [4.78, 5) is 31.8. The molecule has 19 heavy (non-hydrogen) atoms. The van der Waals surface area contributed by atoms with Crippen LogP contribution in [0.25, 0.3) is 5.52 Å². The van der Waals surface area contributed by atoms with Crippen LogP contribution in [-0.2, 0) is 0 Å². The summed E-state index contributed by atoms with van der Waals surface area (Å²) < 4.78 is 1.55. The van der Waals surface area contributed by atoms with E-state index >= 15 is 0 Å². The van der Waals surface area contributed by atoms with Crippen LogP contribution in [0.2, 0.25) is 0 Å². The summed E-state index contributed by atoms with van der Waals surface area (Å²) in [6, 6.07) is 0. The second-order valence-corrected chi connectivity index (χ2v) is 4.58. The van der Waals surface area contributed by atoms with Gasteiger partial charge in [0.25, 0.3) is 0 Å². The van der Waals surface area contributed by atoms with Crippen LogP contribution < -0.4 is 0 Å². The van der Waals surface area contributed by atoms with Crippen molar-refractivity contribution in [3.63, 3.8) is 0 Å². The third kappa shape index (κ3) is 2.15. The van der Waals surface area contributed by atoms with Gasteiger partial charge in [-0.05, 0) is 0 Å². The van der Waals surface area contributed by atoms with Crippen molar-refractivity contribution < 1.29 is 9.59 Å². The maximum absolute atomic E-state index is 12.1. The standard InChI is InChI=1S/C12H8N4O2S/c17-11(3-12(18)9-6-19-7-14-9)8-4-15-16-2-1-13-5-10(8)16/h1-2,4-7H,3H2. The van der Waals surface area contributed by atoms with Crippen molar-refractivity contribution in [1.29, 1.82) is 0 Å². The number of Topliss-reactive ketones (excluding diaryl/α,β-unsaturated/α-hetero) is 2. The molecule has 3 heterocycles. The van der Waals surface area contributed by atoms with Gasteiger partial charge in [-0.3, -0.25) is 14.6 Å². The zero-order chi connectivity index (χ0) is 13.2. The monoisotopic (exact) mass is 272 g/mol. The van der Waals surface area contributed by atoms with Crippen molar-refractivity contribution in [3.05, 3.63) is 46.9 Å². The van der Waals surface area contributed by atoms with E-state index in [9.17, 15) is 9.59 Å². The molecular weight excluding hydrogens is 264 g/mol. The molecule has 0 spiro atoms. The van der Waals surface area contributed by atoms with Crippen LogP contribution in [0.15, 0.2) is 35.7 Å². The highest BCUT2D eigenvalue weighted by molar-refractivity contribution is 7.07. The van der Waals surface area contributed by atoms with Gasteiger partial charge in [-0.2, -0.15) is 5.10 Å². The third-order valence-corrected chi connectivity index (χ3v) is 3.25. The number of carbonyl (C=O) groups is 2. The lowest BCUT2D eigenvalue weighted by Gasteiger charge is -1.97. The number of hydrogen-bond acceptors (Lipinski definition) is 6. The van der Waals surface area contributed by atoms with Gasteiger partial charge in [-0.15, -0.1) is 11.3 Å². The van der Waals surface area contributed by atoms with Crippen LogP contribution in [-0.4, -0.2) is 31.1 Å². The molecule has 0 bridgehead atoms. The molecule has 0 radical (unpaired) electrons. The number of fused-ring (bicyclic) bond motifs is 1. The molecule has 0 aliphatic rings. The predicted molar refractivity (Wildman–Crippen MR) is 68.4 cm³/mol. The van der Waals surface area contributed by atoms with Crippen LogP contribution in [0.4, 0.5) is 0 Å². The fourth-order valence-corrected chi connectivity index (χ4v) is 2.29. The van der Waals surface area contributed by atoms with Gasteiger partial charge in [0, 0.05) is 17.8 Å². The molecule has 7 heteroatoms. The molecule has 0 atom stereocenters. The second-order valence-electron chi connectivity index (χ2n) is 3.86. The van der Waals surface area contributed by atoms with Crippen LogP contribution in [0.5, 0.6) is 0 Å². The average molecular weight is 272 g/mol. The number of hydrogen-bond donors (Lipinski definition) is 0. The lowest BCUT2D eigenvalue weighted by molar-refractivity contribution is 0.0893. The quantitative estimate of drug-likeness (QED) is 0.533. The Morgan fingerprint density at radius 3 is 2.95 bits per heavy atom. The minimum atomic E-state index is -0.283.